The number of anilines is 1. The maximum absolute atomic E-state index is 12.0. The Morgan fingerprint density at radius 3 is 2.74 bits per heavy atom. The van der Waals surface area contributed by atoms with Crippen molar-refractivity contribution in [3.05, 3.63) is 22.6 Å². The van der Waals surface area contributed by atoms with E-state index in [9.17, 15) is 4.79 Å². The summed E-state index contributed by atoms with van der Waals surface area (Å²) in [4.78, 5) is 14.3. The summed E-state index contributed by atoms with van der Waals surface area (Å²) >= 11 is 0. The largest absolute Gasteiger partial charge is 0.370 e. The third kappa shape index (κ3) is 3.56. The quantitative estimate of drug-likeness (QED) is 0.883. The first-order valence-corrected chi connectivity index (χ1v) is 7.12. The predicted molar refractivity (Wildman–Crippen MR) is 77.3 cm³/mol. The van der Waals surface area contributed by atoms with E-state index in [2.05, 4.69) is 16.9 Å². The predicted octanol–water partition coefficient (Wildman–Crippen LogP) is 1.07. The first kappa shape index (κ1) is 14.1. The SMILES string of the molecule is CC1CCN(c2cnn(CC(C)CN)c(=O)c2)CC1. The Kier molecular flexibility index (Phi) is 4.58. The van der Waals surface area contributed by atoms with Crippen LogP contribution in [0.3, 0.4) is 0 Å². The van der Waals surface area contributed by atoms with Crippen molar-refractivity contribution in [2.75, 3.05) is 24.5 Å². The Balaban J connectivity index is 2.08. The van der Waals surface area contributed by atoms with Gasteiger partial charge in [-0.2, -0.15) is 5.10 Å². The van der Waals surface area contributed by atoms with Crippen LogP contribution in [0.4, 0.5) is 5.69 Å². The highest BCUT2D eigenvalue weighted by Gasteiger charge is 2.17. The summed E-state index contributed by atoms with van der Waals surface area (Å²) < 4.78 is 1.51. The fourth-order valence-corrected chi connectivity index (χ4v) is 2.37. The van der Waals surface area contributed by atoms with Crippen LogP contribution in [0.2, 0.25) is 0 Å². The van der Waals surface area contributed by atoms with Gasteiger partial charge in [0.05, 0.1) is 11.9 Å². The van der Waals surface area contributed by atoms with E-state index in [1.165, 1.54) is 17.5 Å². The van der Waals surface area contributed by atoms with E-state index in [0.29, 0.717) is 13.1 Å². The molecule has 0 bridgehead atoms. The smallest absolute Gasteiger partial charge is 0.268 e. The summed E-state index contributed by atoms with van der Waals surface area (Å²) in [5.41, 5.74) is 6.50. The lowest BCUT2D eigenvalue weighted by molar-refractivity contribution is 0.431. The van der Waals surface area contributed by atoms with Crippen LogP contribution >= 0.6 is 0 Å². The van der Waals surface area contributed by atoms with Crippen molar-refractivity contribution in [2.45, 2.75) is 33.2 Å². The maximum atomic E-state index is 12.0. The average molecular weight is 264 g/mol. The van der Waals surface area contributed by atoms with Gasteiger partial charge in [-0.05, 0) is 31.2 Å². The molecule has 0 aromatic carbocycles. The second kappa shape index (κ2) is 6.19. The zero-order valence-electron chi connectivity index (χ0n) is 11.9. The van der Waals surface area contributed by atoms with Gasteiger partial charge in [-0.1, -0.05) is 13.8 Å². The van der Waals surface area contributed by atoms with Gasteiger partial charge < -0.3 is 10.6 Å². The normalized spacial score (nSPS) is 18.6. The molecule has 2 rings (SSSR count). The van der Waals surface area contributed by atoms with Crippen LogP contribution in [0.5, 0.6) is 0 Å². The highest BCUT2D eigenvalue weighted by atomic mass is 16.1. The third-order valence-electron chi connectivity index (χ3n) is 3.89. The van der Waals surface area contributed by atoms with Crippen LogP contribution < -0.4 is 16.2 Å². The van der Waals surface area contributed by atoms with Gasteiger partial charge in [-0.3, -0.25) is 4.79 Å². The summed E-state index contributed by atoms with van der Waals surface area (Å²) in [5, 5.41) is 4.27. The number of nitrogens with two attached hydrogens (primary N) is 1. The molecule has 0 saturated carbocycles. The van der Waals surface area contributed by atoms with Crippen LogP contribution in [0, 0.1) is 11.8 Å². The van der Waals surface area contributed by atoms with Gasteiger partial charge in [0.1, 0.15) is 0 Å². The van der Waals surface area contributed by atoms with E-state index in [-0.39, 0.29) is 11.5 Å². The summed E-state index contributed by atoms with van der Waals surface area (Å²) in [6.45, 7) is 7.50. The number of aromatic nitrogens is 2. The van der Waals surface area contributed by atoms with E-state index in [0.717, 1.165) is 24.7 Å². The minimum atomic E-state index is -0.0311. The molecule has 0 radical (unpaired) electrons. The molecule has 2 heterocycles. The van der Waals surface area contributed by atoms with Gasteiger partial charge in [-0.25, -0.2) is 4.68 Å². The summed E-state index contributed by atoms with van der Waals surface area (Å²) in [6.07, 6.45) is 4.18. The molecule has 0 spiro atoms. The van der Waals surface area contributed by atoms with Crippen LogP contribution in [0.1, 0.15) is 26.7 Å². The first-order valence-electron chi connectivity index (χ1n) is 7.12. The van der Waals surface area contributed by atoms with Crippen LogP contribution in [0.15, 0.2) is 17.1 Å². The van der Waals surface area contributed by atoms with Crippen molar-refractivity contribution in [2.24, 2.45) is 17.6 Å². The molecule has 1 fully saturated rings. The Bertz CT molecular complexity index is 463. The average Bonchev–Trinajstić information content (AvgIpc) is 2.41. The zero-order chi connectivity index (χ0) is 13.8. The molecule has 5 heteroatoms. The van der Waals surface area contributed by atoms with Crippen LogP contribution in [-0.4, -0.2) is 29.4 Å². The molecule has 19 heavy (non-hydrogen) atoms. The van der Waals surface area contributed by atoms with Crippen molar-refractivity contribution < 1.29 is 0 Å². The van der Waals surface area contributed by atoms with Crippen molar-refractivity contribution in [1.29, 1.82) is 0 Å². The lowest BCUT2D eigenvalue weighted by atomic mass is 9.99. The van der Waals surface area contributed by atoms with Crippen LogP contribution in [0.25, 0.3) is 0 Å². The van der Waals surface area contributed by atoms with Crippen molar-refractivity contribution in [3.63, 3.8) is 0 Å². The number of piperidine rings is 1. The van der Waals surface area contributed by atoms with Gasteiger partial charge in [-0.15, -0.1) is 0 Å². The summed E-state index contributed by atoms with van der Waals surface area (Å²) in [5.74, 6) is 1.06. The molecule has 1 aromatic heterocycles. The molecule has 5 nitrogen and oxygen atoms in total. The van der Waals surface area contributed by atoms with E-state index in [4.69, 9.17) is 5.73 Å². The van der Waals surface area contributed by atoms with Gasteiger partial charge in [0.2, 0.25) is 0 Å². The number of nitrogens with zero attached hydrogens (tertiary/aromatic N) is 3. The lowest BCUT2D eigenvalue weighted by Crippen LogP contribution is -2.35. The van der Waals surface area contributed by atoms with E-state index < -0.39 is 0 Å². The molecule has 1 aromatic rings. The zero-order valence-corrected chi connectivity index (χ0v) is 11.9. The fourth-order valence-electron chi connectivity index (χ4n) is 2.37. The van der Waals surface area contributed by atoms with Gasteiger partial charge >= 0.3 is 0 Å². The molecule has 1 unspecified atom stereocenters. The minimum absolute atomic E-state index is 0.0311. The number of hydrogen-bond acceptors (Lipinski definition) is 4. The number of hydrogen-bond donors (Lipinski definition) is 1. The maximum Gasteiger partial charge on any atom is 0.268 e. The molecule has 106 valence electrons. The van der Waals surface area contributed by atoms with Gasteiger partial charge in [0, 0.05) is 25.7 Å². The molecule has 1 saturated heterocycles. The molecule has 2 N–H and O–H groups in total. The second-order valence-corrected chi connectivity index (χ2v) is 5.74. The van der Waals surface area contributed by atoms with Gasteiger partial charge in [0.15, 0.2) is 0 Å². The summed E-state index contributed by atoms with van der Waals surface area (Å²) in [6, 6.07) is 1.70. The Morgan fingerprint density at radius 1 is 1.47 bits per heavy atom. The number of rotatable bonds is 4. The minimum Gasteiger partial charge on any atom is -0.370 e. The van der Waals surface area contributed by atoms with E-state index in [1.54, 1.807) is 12.3 Å². The molecule has 0 amide bonds. The van der Waals surface area contributed by atoms with E-state index in [1.807, 2.05) is 6.92 Å². The Morgan fingerprint density at radius 2 is 2.16 bits per heavy atom. The second-order valence-electron chi connectivity index (χ2n) is 5.74. The topological polar surface area (TPSA) is 64.2 Å². The lowest BCUT2D eigenvalue weighted by Gasteiger charge is -2.31. The molecule has 0 aliphatic carbocycles. The third-order valence-corrected chi connectivity index (χ3v) is 3.89. The summed E-state index contributed by atoms with van der Waals surface area (Å²) in [7, 11) is 0. The van der Waals surface area contributed by atoms with Crippen molar-refractivity contribution in [3.8, 4) is 0 Å². The Hall–Kier alpha value is -1.36. The van der Waals surface area contributed by atoms with Crippen LogP contribution in [-0.2, 0) is 6.54 Å². The Labute approximate surface area is 114 Å². The monoisotopic (exact) mass is 264 g/mol. The van der Waals surface area contributed by atoms with E-state index >= 15 is 0 Å². The standard InChI is InChI=1S/C14H24N4O/c1-11-3-5-17(6-4-11)13-7-14(19)18(16-9-13)10-12(2)8-15/h7,9,11-12H,3-6,8,10,15H2,1-2H3. The highest BCUT2D eigenvalue weighted by Crippen LogP contribution is 2.20. The van der Waals surface area contributed by atoms with Crippen molar-refractivity contribution >= 4 is 5.69 Å². The highest BCUT2D eigenvalue weighted by molar-refractivity contribution is 5.43. The first-order chi connectivity index (χ1) is 9.10. The molecule has 1 aliphatic rings. The van der Waals surface area contributed by atoms with Gasteiger partial charge in [0.25, 0.3) is 5.56 Å². The molecule has 1 aliphatic heterocycles. The molecular weight excluding hydrogens is 240 g/mol. The molecule has 1 atom stereocenters. The van der Waals surface area contributed by atoms with Crippen molar-refractivity contribution in [1.82, 2.24) is 9.78 Å². The fraction of sp³-hybridized carbons (Fsp3) is 0.714. The molecular formula is C14H24N4O.